The summed E-state index contributed by atoms with van der Waals surface area (Å²) in [6, 6.07) is 5.93. The Bertz CT molecular complexity index is 627. The van der Waals surface area contributed by atoms with Gasteiger partial charge in [-0.25, -0.2) is 9.67 Å². The standard InChI is InChI=1S/C9H6N6O2/c10-4-9-12-5-14(13-9)6-1-2-8(15(16)17)7(11)3-6/h1-3,5H,11H2. The van der Waals surface area contributed by atoms with Gasteiger partial charge in [-0.15, -0.1) is 5.10 Å². The minimum absolute atomic E-state index is 0.0157. The van der Waals surface area contributed by atoms with Crippen molar-refractivity contribution in [2.24, 2.45) is 0 Å². The van der Waals surface area contributed by atoms with Gasteiger partial charge in [0.1, 0.15) is 18.1 Å². The van der Waals surface area contributed by atoms with E-state index in [1.807, 2.05) is 0 Å². The maximum absolute atomic E-state index is 10.6. The lowest BCUT2D eigenvalue weighted by atomic mass is 10.2. The molecule has 1 aromatic carbocycles. The molecule has 0 radical (unpaired) electrons. The number of rotatable bonds is 2. The summed E-state index contributed by atoms with van der Waals surface area (Å²) in [5, 5.41) is 23.0. The number of anilines is 1. The van der Waals surface area contributed by atoms with Crippen molar-refractivity contribution >= 4 is 11.4 Å². The molecule has 0 aliphatic rings. The summed E-state index contributed by atoms with van der Waals surface area (Å²) in [5.41, 5.74) is 5.89. The summed E-state index contributed by atoms with van der Waals surface area (Å²) >= 11 is 0. The Morgan fingerprint density at radius 1 is 1.53 bits per heavy atom. The normalized spacial score (nSPS) is 9.82. The van der Waals surface area contributed by atoms with Crippen molar-refractivity contribution < 1.29 is 4.92 Å². The minimum atomic E-state index is -0.568. The zero-order chi connectivity index (χ0) is 12.4. The largest absolute Gasteiger partial charge is 0.393 e. The topological polar surface area (TPSA) is 124 Å². The monoisotopic (exact) mass is 230 g/mol. The molecule has 0 aliphatic carbocycles. The van der Waals surface area contributed by atoms with Crippen LogP contribution in [0.4, 0.5) is 11.4 Å². The predicted molar refractivity (Wildman–Crippen MR) is 57.1 cm³/mol. The zero-order valence-corrected chi connectivity index (χ0v) is 8.44. The van der Waals surface area contributed by atoms with Crippen molar-refractivity contribution in [3.8, 4) is 11.8 Å². The lowest BCUT2D eigenvalue weighted by Gasteiger charge is -2.01. The van der Waals surface area contributed by atoms with E-state index in [-0.39, 0.29) is 17.2 Å². The van der Waals surface area contributed by atoms with Crippen LogP contribution in [0.3, 0.4) is 0 Å². The Balaban J connectivity index is 2.45. The number of nitro benzene ring substituents is 1. The molecule has 0 fully saturated rings. The minimum Gasteiger partial charge on any atom is -0.393 e. The Morgan fingerprint density at radius 3 is 2.82 bits per heavy atom. The van der Waals surface area contributed by atoms with E-state index in [1.165, 1.54) is 29.2 Å². The highest BCUT2D eigenvalue weighted by atomic mass is 16.6. The first-order chi connectivity index (χ1) is 8.11. The van der Waals surface area contributed by atoms with Gasteiger partial charge >= 0.3 is 0 Å². The van der Waals surface area contributed by atoms with Crippen LogP contribution >= 0.6 is 0 Å². The second-order valence-corrected chi connectivity index (χ2v) is 3.12. The molecule has 0 spiro atoms. The molecule has 0 amide bonds. The average molecular weight is 230 g/mol. The first-order valence-corrected chi connectivity index (χ1v) is 4.48. The second-order valence-electron chi connectivity index (χ2n) is 3.12. The van der Waals surface area contributed by atoms with Crippen LogP contribution in [0.1, 0.15) is 5.82 Å². The van der Waals surface area contributed by atoms with Gasteiger partial charge in [0.15, 0.2) is 0 Å². The van der Waals surface area contributed by atoms with Crippen LogP contribution in [0.5, 0.6) is 0 Å². The Labute approximate surface area is 95.1 Å². The number of hydrogen-bond acceptors (Lipinski definition) is 6. The molecule has 0 unspecified atom stereocenters. The maximum atomic E-state index is 10.6. The van der Waals surface area contributed by atoms with E-state index in [1.54, 1.807) is 6.07 Å². The van der Waals surface area contributed by atoms with E-state index in [2.05, 4.69) is 10.1 Å². The number of nitro groups is 1. The summed E-state index contributed by atoms with van der Waals surface area (Å²) in [4.78, 5) is 13.7. The quantitative estimate of drug-likeness (QED) is 0.458. The summed E-state index contributed by atoms with van der Waals surface area (Å²) < 4.78 is 1.32. The van der Waals surface area contributed by atoms with Crippen molar-refractivity contribution in [1.29, 1.82) is 5.26 Å². The Kier molecular flexibility index (Phi) is 2.42. The van der Waals surface area contributed by atoms with Crippen LogP contribution in [-0.2, 0) is 0 Å². The highest BCUT2D eigenvalue weighted by Gasteiger charge is 2.12. The van der Waals surface area contributed by atoms with Gasteiger partial charge in [0, 0.05) is 6.07 Å². The molecule has 0 aliphatic heterocycles. The van der Waals surface area contributed by atoms with Crippen LogP contribution in [-0.4, -0.2) is 19.7 Å². The van der Waals surface area contributed by atoms with E-state index in [0.717, 1.165) is 0 Å². The zero-order valence-electron chi connectivity index (χ0n) is 8.44. The number of hydrogen-bond donors (Lipinski definition) is 1. The van der Waals surface area contributed by atoms with Gasteiger partial charge in [0.2, 0.25) is 0 Å². The molecule has 1 aromatic heterocycles. The molecular formula is C9H6N6O2. The van der Waals surface area contributed by atoms with Crippen LogP contribution in [0.25, 0.3) is 5.69 Å². The van der Waals surface area contributed by atoms with Crippen LogP contribution < -0.4 is 5.73 Å². The molecule has 0 bridgehead atoms. The molecule has 2 aromatic rings. The highest BCUT2D eigenvalue weighted by molar-refractivity contribution is 5.62. The predicted octanol–water partition coefficient (Wildman–Crippen LogP) is 0.629. The van der Waals surface area contributed by atoms with E-state index < -0.39 is 4.92 Å². The fourth-order valence-electron chi connectivity index (χ4n) is 1.29. The molecule has 0 saturated heterocycles. The SMILES string of the molecule is N#Cc1ncn(-c2ccc([N+](=O)[O-])c(N)c2)n1. The third kappa shape index (κ3) is 1.89. The molecule has 2 N–H and O–H groups in total. The molecule has 17 heavy (non-hydrogen) atoms. The van der Waals surface area contributed by atoms with E-state index in [4.69, 9.17) is 11.0 Å². The lowest BCUT2D eigenvalue weighted by Crippen LogP contribution is -2.00. The van der Waals surface area contributed by atoms with Crippen molar-refractivity contribution in [2.75, 3.05) is 5.73 Å². The molecule has 84 valence electrons. The molecule has 1 heterocycles. The van der Waals surface area contributed by atoms with Gasteiger partial charge in [-0.3, -0.25) is 10.1 Å². The lowest BCUT2D eigenvalue weighted by molar-refractivity contribution is -0.383. The highest BCUT2D eigenvalue weighted by Crippen LogP contribution is 2.23. The van der Waals surface area contributed by atoms with Gasteiger partial charge in [0.05, 0.1) is 10.6 Å². The van der Waals surface area contributed by atoms with Crippen LogP contribution in [0, 0.1) is 21.4 Å². The number of nitriles is 1. The van der Waals surface area contributed by atoms with E-state index in [9.17, 15) is 10.1 Å². The van der Waals surface area contributed by atoms with Gasteiger partial charge in [-0.2, -0.15) is 5.26 Å². The van der Waals surface area contributed by atoms with Crippen molar-refractivity contribution in [3.05, 3.63) is 40.5 Å². The smallest absolute Gasteiger partial charge is 0.292 e. The fraction of sp³-hybridized carbons (Fsp3) is 0. The molecular weight excluding hydrogens is 224 g/mol. The van der Waals surface area contributed by atoms with Gasteiger partial charge in [-0.05, 0) is 12.1 Å². The van der Waals surface area contributed by atoms with Gasteiger partial charge in [0.25, 0.3) is 11.5 Å². The second kappa shape index (κ2) is 3.90. The van der Waals surface area contributed by atoms with Crippen LogP contribution in [0.2, 0.25) is 0 Å². The average Bonchev–Trinajstić information content (AvgIpc) is 2.76. The first-order valence-electron chi connectivity index (χ1n) is 4.48. The van der Waals surface area contributed by atoms with Crippen LogP contribution in [0.15, 0.2) is 24.5 Å². The van der Waals surface area contributed by atoms with Gasteiger partial charge in [-0.1, -0.05) is 0 Å². The van der Waals surface area contributed by atoms with E-state index in [0.29, 0.717) is 5.69 Å². The number of nitrogen functional groups attached to an aromatic ring is 1. The number of nitrogens with two attached hydrogens (primary N) is 1. The summed E-state index contributed by atoms with van der Waals surface area (Å²) in [7, 11) is 0. The third-order valence-corrected chi connectivity index (χ3v) is 2.06. The maximum Gasteiger partial charge on any atom is 0.292 e. The van der Waals surface area contributed by atoms with Crippen molar-refractivity contribution in [1.82, 2.24) is 14.8 Å². The molecule has 0 saturated carbocycles. The summed E-state index contributed by atoms with van der Waals surface area (Å²) in [6.45, 7) is 0. The molecule has 8 nitrogen and oxygen atoms in total. The Hall–Kier alpha value is -2.95. The molecule has 2 rings (SSSR count). The number of benzene rings is 1. The number of nitrogens with zero attached hydrogens (tertiary/aromatic N) is 5. The summed E-state index contributed by atoms with van der Waals surface area (Å²) in [6.07, 6.45) is 1.33. The van der Waals surface area contributed by atoms with Crippen molar-refractivity contribution in [2.45, 2.75) is 0 Å². The molecule has 0 atom stereocenters. The molecule has 8 heteroatoms. The first kappa shape index (κ1) is 10.6. The fourth-order valence-corrected chi connectivity index (χ4v) is 1.29. The Morgan fingerprint density at radius 2 is 2.29 bits per heavy atom. The van der Waals surface area contributed by atoms with Crippen molar-refractivity contribution in [3.63, 3.8) is 0 Å². The third-order valence-electron chi connectivity index (χ3n) is 2.06. The van der Waals surface area contributed by atoms with E-state index >= 15 is 0 Å². The summed E-state index contributed by atoms with van der Waals surface area (Å²) in [5.74, 6) is 0.0157. The van der Waals surface area contributed by atoms with Gasteiger partial charge < -0.3 is 5.73 Å². The number of aromatic nitrogens is 3.